The summed E-state index contributed by atoms with van der Waals surface area (Å²) < 4.78 is 0.910. The summed E-state index contributed by atoms with van der Waals surface area (Å²) in [7, 11) is 0. The van der Waals surface area contributed by atoms with E-state index in [9.17, 15) is 10.2 Å². The smallest absolute Gasteiger partial charge is 0.225 e. The lowest BCUT2D eigenvalue weighted by Crippen LogP contribution is -1.72. The Labute approximate surface area is 105 Å². The standard InChI is InChI=1S/C11H8N2O2S2/c1-5-9(15)13-11(16-5)10-12-7-3-2-6(14)4-8(7)17-10/h2-4,14-15H,1H3. The fraction of sp³-hybridized carbons (Fsp3) is 0.0909. The molecule has 0 saturated carbocycles. The van der Waals surface area contributed by atoms with Crippen molar-refractivity contribution in [2.24, 2.45) is 0 Å². The van der Waals surface area contributed by atoms with Gasteiger partial charge in [-0.05, 0) is 25.1 Å². The van der Waals surface area contributed by atoms with Gasteiger partial charge in [0.15, 0.2) is 10.0 Å². The first-order chi connectivity index (χ1) is 8.13. The maximum atomic E-state index is 9.46. The quantitative estimate of drug-likeness (QED) is 0.708. The average Bonchev–Trinajstić information content (AvgIpc) is 2.83. The number of aromatic hydroxyl groups is 2. The van der Waals surface area contributed by atoms with Gasteiger partial charge in [-0.2, -0.15) is 4.98 Å². The highest BCUT2D eigenvalue weighted by Crippen LogP contribution is 2.36. The zero-order valence-electron chi connectivity index (χ0n) is 8.84. The Morgan fingerprint density at radius 3 is 2.53 bits per heavy atom. The number of rotatable bonds is 1. The summed E-state index contributed by atoms with van der Waals surface area (Å²) >= 11 is 2.86. The van der Waals surface area contributed by atoms with E-state index in [-0.39, 0.29) is 11.6 Å². The minimum absolute atomic E-state index is 0.0621. The number of phenols is 1. The Hall–Kier alpha value is -1.66. The average molecular weight is 264 g/mol. The van der Waals surface area contributed by atoms with E-state index in [0.29, 0.717) is 5.01 Å². The number of aryl methyl sites for hydroxylation is 1. The first-order valence-electron chi connectivity index (χ1n) is 4.90. The van der Waals surface area contributed by atoms with Crippen LogP contribution in [0, 0.1) is 6.92 Å². The van der Waals surface area contributed by atoms with Crippen molar-refractivity contribution < 1.29 is 10.2 Å². The van der Waals surface area contributed by atoms with Gasteiger partial charge in [-0.1, -0.05) is 0 Å². The fourth-order valence-electron chi connectivity index (χ4n) is 1.48. The topological polar surface area (TPSA) is 66.2 Å². The van der Waals surface area contributed by atoms with E-state index in [2.05, 4.69) is 9.97 Å². The molecule has 0 radical (unpaired) electrons. The molecule has 2 N–H and O–H groups in total. The highest BCUT2D eigenvalue weighted by molar-refractivity contribution is 7.25. The molecule has 0 atom stereocenters. The van der Waals surface area contributed by atoms with Crippen LogP contribution >= 0.6 is 22.7 Å². The molecule has 0 saturated heterocycles. The summed E-state index contributed by atoms with van der Waals surface area (Å²) in [6.07, 6.45) is 0. The van der Waals surface area contributed by atoms with Gasteiger partial charge in [-0.3, -0.25) is 0 Å². The zero-order valence-corrected chi connectivity index (χ0v) is 10.5. The van der Waals surface area contributed by atoms with Crippen molar-refractivity contribution >= 4 is 32.9 Å². The minimum Gasteiger partial charge on any atom is -0.508 e. The number of hydrogen-bond acceptors (Lipinski definition) is 6. The van der Waals surface area contributed by atoms with E-state index in [1.807, 2.05) is 6.92 Å². The molecule has 0 aliphatic carbocycles. The van der Waals surface area contributed by atoms with Crippen LogP contribution in [0.4, 0.5) is 0 Å². The van der Waals surface area contributed by atoms with Crippen molar-refractivity contribution in [1.29, 1.82) is 0 Å². The summed E-state index contributed by atoms with van der Waals surface area (Å²) in [4.78, 5) is 9.26. The third-order valence-corrected chi connectivity index (χ3v) is 4.45. The molecular weight excluding hydrogens is 256 g/mol. The van der Waals surface area contributed by atoms with Gasteiger partial charge in [0.05, 0.1) is 15.1 Å². The van der Waals surface area contributed by atoms with Crippen molar-refractivity contribution in [2.75, 3.05) is 0 Å². The number of thiazole rings is 2. The van der Waals surface area contributed by atoms with Crippen LogP contribution < -0.4 is 0 Å². The van der Waals surface area contributed by atoms with Crippen molar-refractivity contribution in [3.63, 3.8) is 0 Å². The van der Waals surface area contributed by atoms with Gasteiger partial charge in [0.1, 0.15) is 5.75 Å². The molecule has 4 nitrogen and oxygen atoms in total. The molecule has 0 spiro atoms. The monoisotopic (exact) mass is 264 g/mol. The van der Waals surface area contributed by atoms with E-state index in [4.69, 9.17) is 0 Å². The third kappa shape index (κ3) is 1.75. The van der Waals surface area contributed by atoms with Gasteiger partial charge in [-0.25, -0.2) is 4.98 Å². The number of aromatic nitrogens is 2. The highest BCUT2D eigenvalue weighted by atomic mass is 32.1. The lowest BCUT2D eigenvalue weighted by molar-refractivity contribution is 0.454. The number of nitrogens with zero attached hydrogens (tertiary/aromatic N) is 2. The van der Waals surface area contributed by atoms with Crippen molar-refractivity contribution in [1.82, 2.24) is 9.97 Å². The van der Waals surface area contributed by atoms with Gasteiger partial charge in [0, 0.05) is 0 Å². The predicted molar refractivity (Wildman–Crippen MR) is 68.8 cm³/mol. The Morgan fingerprint density at radius 1 is 1.06 bits per heavy atom. The van der Waals surface area contributed by atoms with E-state index in [0.717, 1.165) is 20.1 Å². The van der Waals surface area contributed by atoms with E-state index < -0.39 is 0 Å². The molecule has 3 rings (SSSR count). The summed E-state index contributed by atoms with van der Waals surface area (Å²) in [5.74, 6) is 0.290. The van der Waals surface area contributed by atoms with Crippen LogP contribution in [-0.4, -0.2) is 20.2 Å². The summed E-state index contributed by atoms with van der Waals surface area (Å²) in [5, 5.41) is 20.3. The second kappa shape index (κ2) is 3.68. The lowest BCUT2D eigenvalue weighted by Gasteiger charge is -1.87. The van der Waals surface area contributed by atoms with Crippen molar-refractivity contribution in [2.45, 2.75) is 6.92 Å². The molecule has 17 heavy (non-hydrogen) atoms. The van der Waals surface area contributed by atoms with E-state index in [1.165, 1.54) is 22.7 Å². The molecule has 0 aliphatic heterocycles. The van der Waals surface area contributed by atoms with Crippen LogP contribution in [0.25, 0.3) is 20.2 Å². The van der Waals surface area contributed by atoms with Crippen LogP contribution in [-0.2, 0) is 0 Å². The highest BCUT2D eigenvalue weighted by Gasteiger charge is 2.13. The second-order valence-electron chi connectivity index (χ2n) is 3.57. The summed E-state index contributed by atoms with van der Waals surface area (Å²) in [5.41, 5.74) is 0.829. The molecule has 1 aromatic carbocycles. The molecule has 0 fully saturated rings. The van der Waals surface area contributed by atoms with Gasteiger partial charge < -0.3 is 10.2 Å². The zero-order chi connectivity index (χ0) is 12.0. The third-order valence-electron chi connectivity index (χ3n) is 2.33. The fourth-order valence-corrected chi connectivity index (χ4v) is 3.31. The number of hydrogen-bond donors (Lipinski definition) is 2. The molecule has 0 amide bonds. The number of fused-ring (bicyclic) bond motifs is 1. The molecule has 86 valence electrons. The van der Waals surface area contributed by atoms with Gasteiger partial charge >= 0.3 is 0 Å². The molecule has 0 unspecified atom stereocenters. The van der Waals surface area contributed by atoms with Crippen LogP contribution in [0.2, 0.25) is 0 Å². The molecule has 6 heteroatoms. The second-order valence-corrected chi connectivity index (χ2v) is 5.80. The Kier molecular flexibility index (Phi) is 2.27. The largest absolute Gasteiger partial charge is 0.508 e. The molecule has 2 aromatic heterocycles. The van der Waals surface area contributed by atoms with Gasteiger partial charge in [0.2, 0.25) is 5.88 Å². The number of phenolic OH excluding ortho intramolecular Hbond substituents is 1. The molecule has 2 heterocycles. The maximum absolute atomic E-state index is 9.46. The first kappa shape index (κ1) is 10.5. The van der Waals surface area contributed by atoms with Crippen LogP contribution in [0.3, 0.4) is 0 Å². The Bertz CT molecular complexity index is 683. The van der Waals surface area contributed by atoms with Crippen molar-refractivity contribution in [3.8, 4) is 21.6 Å². The lowest BCUT2D eigenvalue weighted by atomic mass is 10.3. The Morgan fingerprint density at radius 2 is 1.82 bits per heavy atom. The van der Waals surface area contributed by atoms with Gasteiger partial charge in [0.25, 0.3) is 0 Å². The molecular formula is C11H8N2O2S2. The van der Waals surface area contributed by atoms with E-state index in [1.54, 1.807) is 18.2 Å². The van der Waals surface area contributed by atoms with Crippen LogP contribution in [0.5, 0.6) is 11.6 Å². The molecule has 0 aliphatic rings. The Balaban J connectivity index is 2.17. The van der Waals surface area contributed by atoms with Crippen LogP contribution in [0.15, 0.2) is 18.2 Å². The first-order valence-corrected chi connectivity index (χ1v) is 6.53. The normalized spacial score (nSPS) is 11.1. The minimum atomic E-state index is 0.0621. The SMILES string of the molecule is Cc1sc(-c2nc3ccc(O)cc3s2)nc1O. The molecule has 3 aromatic rings. The summed E-state index contributed by atoms with van der Waals surface area (Å²) in [6.45, 7) is 1.82. The van der Waals surface area contributed by atoms with Crippen molar-refractivity contribution in [3.05, 3.63) is 23.1 Å². The number of benzene rings is 1. The maximum Gasteiger partial charge on any atom is 0.225 e. The molecule has 0 bridgehead atoms. The summed E-state index contributed by atoms with van der Waals surface area (Å²) in [6, 6.07) is 5.05. The van der Waals surface area contributed by atoms with Gasteiger partial charge in [-0.15, -0.1) is 22.7 Å². The van der Waals surface area contributed by atoms with Crippen LogP contribution in [0.1, 0.15) is 4.88 Å². The van der Waals surface area contributed by atoms with E-state index >= 15 is 0 Å². The predicted octanol–water partition coefficient (Wildman–Crippen LogP) is 3.14.